The van der Waals surface area contributed by atoms with E-state index in [1.165, 1.54) is 0 Å². The summed E-state index contributed by atoms with van der Waals surface area (Å²) in [6.07, 6.45) is 3.93. The first kappa shape index (κ1) is 13.6. The summed E-state index contributed by atoms with van der Waals surface area (Å²) in [6.45, 7) is 8.51. The van der Waals surface area contributed by atoms with Gasteiger partial charge in [0, 0.05) is 6.42 Å². The Morgan fingerprint density at radius 3 is 2.67 bits per heavy atom. The van der Waals surface area contributed by atoms with Gasteiger partial charge in [-0.05, 0) is 25.3 Å². The Morgan fingerprint density at radius 1 is 1.39 bits per heavy atom. The molecule has 0 radical (unpaired) electrons. The molecule has 0 spiro atoms. The minimum Gasteiger partial charge on any atom is -0.488 e. The molecule has 1 atom stereocenters. The van der Waals surface area contributed by atoms with Crippen LogP contribution in [0.25, 0.3) is 0 Å². The fourth-order valence-electron chi connectivity index (χ4n) is 2.09. The van der Waals surface area contributed by atoms with Crippen molar-refractivity contribution in [3.8, 4) is 0 Å². The van der Waals surface area contributed by atoms with Gasteiger partial charge in [0.15, 0.2) is 11.5 Å². The first-order chi connectivity index (χ1) is 8.27. The molecule has 0 aromatic rings. The predicted molar refractivity (Wildman–Crippen MR) is 66.5 cm³/mol. The van der Waals surface area contributed by atoms with Gasteiger partial charge in [0.05, 0.1) is 6.61 Å². The van der Waals surface area contributed by atoms with E-state index in [0.717, 1.165) is 0 Å². The number of ether oxygens (including phenoxy) is 3. The maximum Gasteiger partial charge on any atom is 0.163 e. The quantitative estimate of drug-likeness (QED) is 0.775. The van der Waals surface area contributed by atoms with Gasteiger partial charge in [-0.1, -0.05) is 19.9 Å². The van der Waals surface area contributed by atoms with Crippen molar-refractivity contribution in [1.82, 2.24) is 0 Å². The Morgan fingerprint density at radius 2 is 2.11 bits per heavy atom. The van der Waals surface area contributed by atoms with Gasteiger partial charge in [0.2, 0.25) is 0 Å². The lowest BCUT2D eigenvalue weighted by atomic mass is 9.85. The van der Waals surface area contributed by atoms with E-state index in [9.17, 15) is 4.39 Å². The molecule has 1 fully saturated rings. The second kappa shape index (κ2) is 4.67. The largest absolute Gasteiger partial charge is 0.488 e. The van der Waals surface area contributed by atoms with Crippen LogP contribution >= 0.6 is 0 Å². The number of rotatable bonds is 3. The zero-order valence-electron chi connectivity index (χ0n) is 11.5. The van der Waals surface area contributed by atoms with Gasteiger partial charge < -0.3 is 14.2 Å². The van der Waals surface area contributed by atoms with Gasteiger partial charge in [0.1, 0.15) is 18.5 Å². The molecule has 0 aromatic carbocycles. The van der Waals surface area contributed by atoms with Gasteiger partial charge in [-0.25, -0.2) is 4.39 Å². The molecule has 0 amide bonds. The SMILES string of the molecule is CC1(C)C=CC(OC[C@H]2COC(C)(C)O2)=C(F)C1. The van der Waals surface area contributed by atoms with E-state index in [2.05, 4.69) is 0 Å². The van der Waals surface area contributed by atoms with Gasteiger partial charge >= 0.3 is 0 Å². The third kappa shape index (κ3) is 3.33. The summed E-state index contributed by atoms with van der Waals surface area (Å²) in [5.41, 5.74) is -0.133. The van der Waals surface area contributed by atoms with Crippen LogP contribution in [0.1, 0.15) is 34.1 Å². The van der Waals surface area contributed by atoms with Crippen molar-refractivity contribution in [1.29, 1.82) is 0 Å². The van der Waals surface area contributed by atoms with Crippen LogP contribution in [-0.2, 0) is 14.2 Å². The number of hydrogen-bond acceptors (Lipinski definition) is 3. The lowest BCUT2D eigenvalue weighted by Gasteiger charge is -2.24. The summed E-state index contributed by atoms with van der Waals surface area (Å²) >= 11 is 0. The van der Waals surface area contributed by atoms with E-state index in [1.807, 2.05) is 33.8 Å². The second-order valence-corrected chi connectivity index (χ2v) is 6.03. The molecular weight excluding hydrogens is 235 g/mol. The first-order valence-electron chi connectivity index (χ1n) is 6.30. The Hall–Kier alpha value is -0.870. The number of halogens is 1. The third-order valence-corrected chi connectivity index (χ3v) is 3.06. The lowest BCUT2D eigenvalue weighted by Crippen LogP contribution is -2.24. The van der Waals surface area contributed by atoms with Crippen LogP contribution in [0, 0.1) is 5.41 Å². The van der Waals surface area contributed by atoms with Crippen molar-refractivity contribution >= 4 is 0 Å². The molecule has 4 heteroatoms. The molecule has 0 unspecified atom stereocenters. The molecule has 1 saturated heterocycles. The Balaban J connectivity index is 1.87. The van der Waals surface area contributed by atoms with Crippen LogP contribution < -0.4 is 0 Å². The van der Waals surface area contributed by atoms with Crippen LogP contribution in [0.15, 0.2) is 23.7 Å². The molecule has 0 aromatic heterocycles. The highest BCUT2D eigenvalue weighted by atomic mass is 19.1. The van der Waals surface area contributed by atoms with E-state index >= 15 is 0 Å². The van der Waals surface area contributed by atoms with Crippen molar-refractivity contribution < 1.29 is 18.6 Å². The molecule has 2 aliphatic rings. The fraction of sp³-hybridized carbons (Fsp3) is 0.714. The smallest absolute Gasteiger partial charge is 0.163 e. The minimum absolute atomic E-state index is 0.133. The van der Waals surface area contributed by atoms with E-state index in [4.69, 9.17) is 14.2 Å². The Labute approximate surface area is 108 Å². The minimum atomic E-state index is -0.564. The van der Waals surface area contributed by atoms with E-state index in [1.54, 1.807) is 6.08 Å². The average Bonchev–Trinajstić information content (AvgIpc) is 2.56. The molecule has 0 bridgehead atoms. The normalized spacial score (nSPS) is 29.7. The standard InChI is InChI=1S/C14H21FO3/c1-13(2)6-5-12(11(15)7-13)16-8-10-9-17-14(3,4)18-10/h5-6,10H,7-9H2,1-4H3/t10-/m0/s1. The molecule has 0 saturated carbocycles. The zero-order valence-corrected chi connectivity index (χ0v) is 11.5. The van der Waals surface area contributed by atoms with E-state index in [0.29, 0.717) is 25.4 Å². The molecule has 1 aliphatic heterocycles. The molecule has 1 heterocycles. The summed E-state index contributed by atoms with van der Waals surface area (Å²) in [5.74, 6) is -0.436. The van der Waals surface area contributed by atoms with Crippen molar-refractivity contribution in [2.24, 2.45) is 5.41 Å². The van der Waals surface area contributed by atoms with Gasteiger partial charge in [-0.3, -0.25) is 0 Å². The van der Waals surface area contributed by atoms with Crippen LogP contribution in [0.4, 0.5) is 4.39 Å². The molecular formula is C14H21FO3. The maximum absolute atomic E-state index is 13.8. The number of allylic oxidation sites excluding steroid dienone is 3. The lowest BCUT2D eigenvalue weighted by molar-refractivity contribution is -0.143. The third-order valence-electron chi connectivity index (χ3n) is 3.06. The average molecular weight is 256 g/mol. The van der Waals surface area contributed by atoms with Gasteiger partial charge in [-0.2, -0.15) is 0 Å². The van der Waals surface area contributed by atoms with Crippen molar-refractivity contribution in [3.05, 3.63) is 23.7 Å². The van der Waals surface area contributed by atoms with Crippen LogP contribution in [-0.4, -0.2) is 25.1 Å². The first-order valence-corrected chi connectivity index (χ1v) is 6.30. The topological polar surface area (TPSA) is 27.7 Å². The van der Waals surface area contributed by atoms with Crippen LogP contribution in [0.3, 0.4) is 0 Å². The molecule has 102 valence electrons. The summed E-state index contributed by atoms with van der Waals surface area (Å²) in [7, 11) is 0. The van der Waals surface area contributed by atoms with Crippen molar-refractivity contribution in [2.75, 3.05) is 13.2 Å². The van der Waals surface area contributed by atoms with Crippen molar-refractivity contribution in [2.45, 2.75) is 46.0 Å². The number of hydrogen-bond donors (Lipinski definition) is 0. The molecule has 3 nitrogen and oxygen atoms in total. The Kier molecular flexibility index (Phi) is 3.52. The summed E-state index contributed by atoms with van der Waals surface area (Å²) < 4.78 is 30.3. The maximum atomic E-state index is 13.8. The highest BCUT2D eigenvalue weighted by Crippen LogP contribution is 2.34. The van der Waals surface area contributed by atoms with Crippen LogP contribution in [0.5, 0.6) is 0 Å². The monoisotopic (exact) mass is 256 g/mol. The van der Waals surface area contributed by atoms with Crippen LogP contribution in [0.2, 0.25) is 0 Å². The highest BCUT2D eigenvalue weighted by Gasteiger charge is 2.33. The Bertz CT molecular complexity index is 383. The molecule has 2 rings (SSSR count). The molecule has 18 heavy (non-hydrogen) atoms. The summed E-state index contributed by atoms with van der Waals surface area (Å²) in [6, 6.07) is 0. The van der Waals surface area contributed by atoms with Gasteiger partial charge in [-0.15, -0.1) is 0 Å². The second-order valence-electron chi connectivity index (χ2n) is 6.03. The zero-order chi connectivity index (χ0) is 13.4. The highest BCUT2D eigenvalue weighted by molar-refractivity contribution is 5.24. The van der Waals surface area contributed by atoms with E-state index < -0.39 is 5.79 Å². The predicted octanol–water partition coefficient (Wildman–Crippen LogP) is 3.32. The fourth-order valence-corrected chi connectivity index (χ4v) is 2.09. The van der Waals surface area contributed by atoms with Gasteiger partial charge in [0.25, 0.3) is 0 Å². The molecule has 1 aliphatic carbocycles. The summed E-state index contributed by atoms with van der Waals surface area (Å²) in [5, 5.41) is 0. The van der Waals surface area contributed by atoms with E-state index in [-0.39, 0.29) is 17.3 Å². The summed E-state index contributed by atoms with van der Waals surface area (Å²) in [4.78, 5) is 0. The van der Waals surface area contributed by atoms with Crippen molar-refractivity contribution in [3.63, 3.8) is 0 Å². The molecule has 0 N–H and O–H groups in total.